The number of hydrogen-bond donors (Lipinski definition) is 3. The number of carbonyl (C=O) groups is 2. The SMILES string of the molecule is CCOCC(NC(=O)C(C)N1CCC(O)(c2cn(-c3ccsc3C(=O)O)nn2)CC1)C(C)C. The molecule has 0 aromatic carbocycles. The number of rotatable bonds is 10. The average molecular weight is 480 g/mol. The molecule has 10 nitrogen and oxygen atoms in total. The Balaban J connectivity index is 1.61. The van der Waals surface area contributed by atoms with Crippen LogP contribution in [0.15, 0.2) is 17.6 Å². The highest BCUT2D eigenvalue weighted by Crippen LogP contribution is 2.33. The van der Waals surface area contributed by atoms with Crippen molar-refractivity contribution < 1.29 is 24.5 Å². The zero-order valence-corrected chi connectivity index (χ0v) is 20.3. The molecular weight excluding hydrogens is 446 g/mol. The molecule has 0 radical (unpaired) electrons. The van der Waals surface area contributed by atoms with E-state index in [0.29, 0.717) is 50.5 Å². The van der Waals surface area contributed by atoms with Crippen LogP contribution in [0.4, 0.5) is 0 Å². The van der Waals surface area contributed by atoms with Gasteiger partial charge in [-0.25, -0.2) is 9.48 Å². The Morgan fingerprint density at radius 2 is 2.00 bits per heavy atom. The molecule has 0 aliphatic carbocycles. The van der Waals surface area contributed by atoms with E-state index in [9.17, 15) is 19.8 Å². The highest BCUT2D eigenvalue weighted by Gasteiger charge is 2.39. The first-order valence-electron chi connectivity index (χ1n) is 11.2. The molecule has 2 atom stereocenters. The van der Waals surface area contributed by atoms with Gasteiger partial charge in [0.2, 0.25) is 5.91 Å². The minimum absolute atomic E-state index is 0.0514. The topological polar surface area (TPSA) is 130 Å². The Morgan fingerprint density at radius 1 is 1.30 bits per heavy atom. The number of piperidine rings is 1. The minimum atomic E-state index is -1.18. The molecule has 2 unspecified atom stereocenters. The summed E-state index contributed by atoms with van der Waals surface area (Å²) in [6, 6.07) is 1.27. The normalized spacial score (nSPS) is 18.2. The van der Waals surface area contributed by atoms with Gasteiger partial charge < -0.3 is 20.3 Å². The van der Waals surface area contributed by atoms with E-state index in [4.69, 9.17) is 4.74 Å². The number of likely N-dealkylation sites (tertiary alicyclic amines) is 1. The molecular formula is C22H33N5O5S. The number of aromatic nitrogens is 3. The maximum absolute atomic E-state index is 12.8. The lowest BCUT2D eigenvalue weighted by molar-refractivity contribution is -0.129. The van der Waals surface area contributed by atoms with Crippen LogP contribution in [0.3, 0.4) is 0 Å². The molecule has 0 bridgehead atoms. The van der Waals surface area contributed by atoms with Gasteiger partial charge in [0.15, 0.2) is 0 Å². The third kappa shape index (κ3) is 5.78. The fourth-order valence-corrected chi connectivity index (χ4v) is 4.61. The largest absolute Gasteiger partial charge is 0.477 e. The van der Waals surface area contributed by atoms with E-state index in [1.165, 1.54) is 4.68 Å². The maximum atomic E-state index is 12.8. The standard InChI is InChI=1S/C22H33N5O5S/c1-5-32-13-16(14(2)3)23-20(28)15(4)26-9-7-22(31,8-10-26)18-12-27(25-24-18)17-6-11-33-19(17)21(29)30/h6,11-12,14-16,31H,5,7-10,13H2,1-4H3,(H,23,28)(H,29,30). The number of amides is 1. The number of aliphatic hydroxyl groups is 1. The van der Waals surface area contributed by atoms with Crippen LogP contribution in [-0.2, 0) is 15.1 Å². The Labute approximate surface area is 197 Å². The van der Waals surface area contributed by atoms with Gasteiger partial charge in [0.25, 0.3) is 0 Å². The molecule has 3 N–H and O–H groups in total. The molecule has 3 heterocycles. The van der Waals surface area contributed by atoms with Crippen molar-refractivity contribution in [1.82, 2.24) is 25.2 Å². The Kier molecular flexibility index (Phi) is 8.22. The molecule has 182 valence electrons. The summed E-state index contributed by atoms with van der Waals surface area (Å²) < 4.78 is 6.89. The molecule has 2 aromatic rings. The molecule has 1 amide bonds. The zero-order chi connectivity index (χ0) is 24.2. The molecule has 1 fully saturated rings. The van der Waals surface area contributed by atoms with Crippen molar-refractivity contribution in [2.75, 3.05) is 26.3 Å². The second kappa shape index (κ2) is 10.7. The van der Waals surface area contributed by atoms with E-state index in [1.54, 1.807) is 17.6 Å². The molecule has 3 rings (SSSR count). The van der Waals surface area contributed by atoms with Crippen LogP contribution < -0.4 is 5.32 Å². The first-order chi connectivity index (χ1) is 15.7. The van der Waals surface area contributed by atoms with Crippen molar-refractivity contribution in [3.63, 3.8) is 0 Å². The van der Waals surface area contributed by atoms with Crippen LogP contribution in [-0.4, -0.2) is 80.4 Å². The van der Waals surface area contributed by atoms with Crippen molar-refractivity contribution in [1.29, 1.82) is 0 Å². The summed E-state index contributed by atoms with van der Waals surface area (Å²) >= 11 is 1.11. The molecule has 1 saturated heterocycles. The van der Waals surface area contributed by atoms with Crippen molar-refractivity contribution in [2.24, 2.45) is 5.92 Å². The monoisotopic (exact) mass is 479 g/mol. The van der Waals surface area contributed by atoms with Crippen molar-refractivity contribution in [3.8, 4) is 5.69 Å². The van der Waals surface area contributed by atoms with Crippen molar-refractivity contribution in [3.05, 3.63) is 28.2 Å². The predicted octanol–water partition coefficient (Wildman–Crippen LogP) is 1.88. The minimum Gasteiger partial charge on any atom is -0.477 e. The molecule has 0 saturated carbocycles. The van der Waals surface area contributed by atoms with Gasteiger partial charge in [-0.3, -0.25) is 9.69 Å². The highest BCUT2D eigenvalue weighted by molar-refractivity contribution is 7.12. The lowest BCUT2D eigenvalue weighted by atomic mass is 9.88. The molecule has 1 aliphatic heterocycles. The number of carboxylic acid groups (broad SMARTS) is 1. The van der Waals surface area contributed by atoms with Crippen LogP contribution in [0.5, 0.6) is 0 Å². The van der Waals surface area contributed by atoms with E-state index in [2.05, 4.69) is 29.5 Å². The summed E-state index contributed by atoms with van der Waals surface area (Å²) in [5.41, 5.74) is -0.359. The number of carboxylic acids is 1. The van der Waals surface area contributed by atoms with Gasteiger partial charge in [-0.1, -0.05) is 19.1 Å². The summed E-state index contributed by atoms with van der Waals surface area (Å²) in [6.07, 6.45) is 2.37. The van der Waals surface area contributed by atoms with Gasteiger partial charge in [-0.15, -0.1) is 16.4 Å². The van der Waals surface area contributed by atoms with E-state index in [1.807, 2.05) is 18.7 Å². The number of nitrogens with one attached hydrogen (secondary N) is 1. The van der Waals surface area contributed by atoms with Gasteiger partial charge in [0, 0.05) is 19.7 Å². The van der Waals surface area contributed by atoms with E-state index in [0.717, 1.165) is 11.3 Å². The van der Waals surface area contributed by atoms with Crippen LogP contribution in [0.25, 0.3) is 5.69 Å². The van der Waals surface area contributed by atoms with Gasteiger partial charge in [0.1, 0.15) is 16.2 Å². The fraction of sp³-hybridized carbons (Fsp3) is 0.636. The third-order valence-electron chi connectivity index (χ3n) is 6.24. The lowest BCUT2D eigenvalue weighted by Gasteiger charge is -2.39. The van der Waals surface area contributed by atoms with E-state index >= 15 is 0 Å². The fourth-order valence-electron chi connectivity index (χ4n) is 3.89. The summed E-state index contributed by atoms with van der Waals surface area (Å²) in [6.45, 7) is 10.0. The molecule has 2 aromatic heterocycles. The van der Waals surface area contributed by atoms with Crippen LogP contribution in [0.2, 0.25) is 0 Å². The lowest BCUT2D eigenvalue weighted by Crippen LogP contribution is -2.54. The number of hydrogen-bond acceptors (Lipinski definition) is 8. The summed E-state index contributed by atoms with van der Waals surface area (Å²) in [5, 5.41) is 33.5. The number of carbonyl (C=O) groups excluding carboxylic acids is 1. The molecule has 11 heteroatoms. The quantitative estimate of drug-likeness (QED) is 0.471. The van der Waals surface area contributed by atoms with Gasteiger partial charge >= 0.3 is 5.97 Å². The smallest absolute Gasteiger partial charge is 0.348 e. The zero-order valence-electron chi connectivity index (χ0n) is 19.5. The number of nitrogens with zero attached hydrogens (tertiary/aromatic N) is 4. The Hall–Kier alpha value is -2.34. The average Bonchev–Trinajstić information content (AvgIpc) is 3.46. The number of aromatic carboxylic acids is 1. The molecule has 1 aliphatic rings. The first kappa shape index (κ1) is 25.3. The third-order valence-corrected chi connectivity index (χ3v) is 7.13. The second-order valence-corrected chi connectivity index (χ2v) is 9.67. The van der Waals surface area contributed by atoms with Gasteiger partial charge in [-0.2, -0.15) is 0 Å². The van der Waals surface area contributed by atoms with E-state index < -0.39 is 11.6 Å². The summed E-state index contributed by atoms with van der Waals surface area (Å²) in [7, 11) is 0. The molecule has 0 spiro atoms. The van der Waals surface area contributed by atoms with E-state index in [-0.39, 0.29) is 28.8 Å². The summed E-state index contributed by atoms with van der Waals surface area (Å²) in [4.78, 5) is 26.4. The number of thiophene rings is 1. The van der Waals surface area contributed by atoms with Gasteiger partial charge in [0.05, 0.1) is 30.6 Å². The van der Waals surface area contributed by atoms with Crippen LogP contribution in [0, 0.1) is 5.92 Å². The Morgan fingerprint density at radius 3 is 2.61 bits per heavy atom. The second-order valence-electron chi connectivity index (χ2n) is 8.75. The maximum Gasteiger partial charge on any atom is 0.348 e. The predicted molar refractivity (Wildman–Crippen MR) is 124 cm³/mol. The van der Waals surface area contributed by atoms with Crippen LogP contribution in [0.1, 0.15) is 55.9 Å². The Bertz CT molecular complexity index is 951. The summed E-state index contributed by atoms with van der Waals surface area (Å²) in [5.74, 6) is -0.827. The van der Waals surface area contributed by atoms with Gasteiger partial charge in [-0.05, 0) is 44.1 Å². The van der Waals surface area contributed by atoms with Crippen molar-refractivity contribution >= 4 is 23.2 Å². The highest BCUT2D eigenvalue weighted by atomic mass is 32.1. The molecule has 33 heavy (non-hydrogen) atoms. The van der Waals surface area contributed by atoms with Crippen LogP contribution >= 0.6 is 11.3 Å². The first-order valence-corrected chi connectivity index (χ1v) is 12.1. The van der Waals surface area contributed by atoms with Crippen molar-refractivity contribution in [2.45, 2.75) is 58.2 Å². The number of ether oxygens (including phenoxy) is 1.